The van der Waals surface area contributed by atoms with Crippen LogP contribution in [0.3, 0.4) is 0 Å². The molecule has 0 aliphatic carbocycles. The van der Waals surface area contributed by atoms with E-state index in [4.69, 9.17) is 14.2 Å². The van der Waals surface area contributed by atoms with Crippen molar-refractivity contribution in [3.63, 3.8) is 0 Å². The fraction of sp³-hybridized carbons (Fsp3) is 0.905. The molecule has 0 spiro atoms. The predicted octanol–water partition coefficient (Wildman–Crippen LogP) is 25.0. The molecule has 6 heteroatoms. The molecule has 0 aromatic carbocycles. The monoisotopic (exact) mass is 1130 g/mol. The third kappa shape index (κ3) is 66.7. The molecule has 0 heterocycles. The molecule has 80 heavy (non-hydrogen) atoms. The SMILES string of the molecule is CCCCC/C=C\CCCCCCCC(=O)OCC(COC(=O)CCCCCCCCCCCCCCCCCCCCCCCCCCCCCCCCCCC)OC(=O)CCCCCCCCC/C=C\CCCCCCCC. The number of allylic oxidation sites excluding steroid dienone is 4. The summed E-state index contributed by atoms with van der Waals surface area (Å²) < 4.78 is 17.0. The molecule has 0 fully saturated rings. The van der Waals surface area contributed by atoms with E-state index in [1.807, 2.05) is 0 Å². The fourth-order valence-electron chi connectivity index (χ4n) is 11.2. The van der Waals surface area contributed by atoms with E-state index in [1.165, 1.54) is 308 Å². The van der Waals surface area contributed by atoms with Crippen molar-refractivity contribution in [1.82, 2.24) is 0 Å². The lowest BCUT2D eigenvalue weighted by atomic mass is 10.0. The van der Waals surface area contributed by atoms with E-state index >= 15 is 0 Å². The Labute approximate surface area is 500 Å². The van der Waals surface area contributed by atoms with Crippen molar-refractivity contribution in [3.05, 3.63) is 24.3 Å². The second kappa shape index (κ2) is 69.4. The van der Waals surface area contributed by atoms with Crippen LogP contribution in [-0.4, -0.2) is 37.2 Å². The van der Waals surface area contributed by atoms with Crippen LogP contribution in [0.15, 0.2) is 24.3 Å². The summed E-state index contributed by atoms with van der Waals surface area (Å²) in [4.78, 5) is 38.3. The van der Waals surface area contributed by atoms with Crippen LogP contribution in [0.5, 0.6) is 0 Å². The van der Waals surface area contributed by atoms with E-state index in [0.29, 0.717) is 19.3 Å². The number of esters is 3. The minimum atomic E-state index is -0.775. The highest BCUT2D eigenvalue weighted by Gasteiger charge is 2.19. The third-order valence-corrected chi connectivity index (χ3v) is 16.7. The molecular formula is C74H140O6. The third-order valence-electron chi connectivity index (χ3n) is 16.7. The molecule has 6 nitrogen and oxygen atoms in total. The average molecular weight is 1130 g/mol. The highest BCUT2D eigenvalue weighted by molar-refractivity contribution is 5.71. The van der Waals surface area contributed by atoms with Gasteiger partial charge >= 0.3 is 17.9 Å². The maximum Gasteiger partial charge on any atom is 0.306 e. The van der Waals surface area contributed by atoms with Gasteiger partial charge in [0.2, 0.25) is 0 Å². The lowest BCUT2D eigenvalue weighted by Gasteiger charge is -2.18. The lowest BCUT2D eigenvalue weighted by molar-refractivity contribution is -0.167. The molecule has 0 saturated heterocycles. The van der Waals surface area contributed by atoms with Crippen molar-refractivity contribution in [2.75, 3.05) is 13.2 Å². The van der Waals surface area contributed by atoms with E-state index in [2.05, 4.69) is 45.1 Å². The van der Waals surface area contributed by atoms with Gasteiger partial charge in [0.1, 0.15) is 13.2 Å². The summed E-state index contributed by atoms with van der Waals surface area (Å²) in [5, 5.41) is 0. The van der Waals surface area contributed by atoms with Crippen LogP contribution in [0.4, 0.5) is 0 Å². The van der Waals surface area contributed by atoms with Gasteiger partial charge in [0.05, 0.1) is 0 Å². The fourth-order valence-corrected chi connectivity index (χ4v) is 11.2. The van der Waals surface area contributed by atoms with Crippen LogP contribution in [0.1, 0.15) is 412 Å². The standard InChI is InChI=1S/C74H140O6/c1-4-7-10-13-16-19-22-25-27-29-30-31-32-33-34-35-36-37-38-39-40-41-42-43-44-46-47-49-52-55-58-61-64-67-73(76)79-70-71(69-78-72(75)66-63-60-57-54-51-24-21-18-15-12-9-6-3)80-74(77)68-65-62-59-56-53-50-48-45-28-26-23-20-17-14-11-8-5-2/h18,21,26,28,71H,4-17,19-20,22-25,27,29-70H2,1-3H3/b21-18-,28-26-. The maximum atomic E-state index is 12.9. The number of carbonyl (C=O) groups is 3. The molecule has 0 bridgehead atoms. The Morgan fingerprint density at radius 3 is 0.650 bits per heavy atom. The van der Waals surface area contributed by atoms with Crippen molar-refractivity contribution >= 4 is 17.9 Å². The highest BCUT2D eigenvalue weighted by atomic mass is 16.6. The summed E-state index contributed by atoms with van der Waals surface area (Å²) in [6.45, 7) is 6.67. The van der Waals surface area contributed by atoms with Crippen molar-refractivity contribution < 1.29 is 28.6 Å². The van der Waals surface area contributed by atoms with Crippen LogP contribution in [0.25, 0.3) is 0 Å². The van der Waals surface area contributed by atoms with Crippen LogP contribution >= 0.6 is 0 Å². The Balaban J connectivity index is 4.06. The Hall–Kier alpha value is -2.11. The van der Waals surface area contributed by atoms with E-state index in [0.717, 1.165) is 64.2 Å². The molecule has 0 rings (SSSR count). The number of rotatable bonds is 68. The van der Waals surface area contributed by atoms with Crippen molar-refractivity contribution in [2.24, 2.45) is 0 Å². The molecule has 1 unspecified atom stereocenters. The molecule has 0 aliphatic rings. The van der Waals surface area contributed by atoms with Crippen LogP contribution < -0.4 is 0 Å². The number of carbonyl (C=O) groups excluding carboxylic acids is 3. The van der Waals surface area contributed by atoms with Gasteiger partial charge in [-0.15, -0.1) is 0 Å². The summed E-state index contributed by atoms with van der Waals surface area (Å²) >= 11 is 0. The molecule has 0 aromatic rings. The predicted molar refractivity (Wildman–Crippen MR) is 349 cm³/mol. The molecule has 0 aromatic heterocycles. The first-order valence-electron chi connectivity index (χ1n) is 36.3. The van der Waals surface area contributed by atoms with Crippen molar-refractivity contribution in [3.8, 4) is 0 Å². The van der Waals surface area contributed by atoms with Crippen molar-refractivity contribution in [2.45, 2.75) is 419 Å². The quantitative estimate of drug-likeness (QED) is 0.0261. The number of unbranched alkanes of at least 4 members (excludes halogenated alkanes) is 53. The van der Waals surface area contributed by atoms with Gasteiger partial charge in [-0.25, -0.2) is 0 Å². The molecule has 0 saturated carbocycles. The van der Waals surface area contributed by atoms with Gasteiger partial charge < -0.3 is 14.2 Å². The molecular weight excluding hydrogens is 985 g/mol. The molecule has 0 amide bonds. The molecule has 1 atom stereocenters. The van der Waals surface area contributed by atoms with E-state index in [-0.39, 0.29) is 31.1 Å². The normalized spacial score (nSPS) is 12.1. The maximum absolute atomic E-state index is 12.9. The first-order valence-corrected chi connectivity index (χ1v) is 36.3. The second-order valence-corrected chi connectivity index (χ2v) is 24.9. The van der Waals surface area contributed by atoms with Gasteiger partial charge in [0.15, 0.2) is 6.10 Å². The zero-order chi connectivity index (χ0) is 57.8. The van der Waals surface area contributed by atoms with Crippen LogP contribution in [0, 0.1) is 0 Å². The topological polar surface area (TPSA) is 78.9 Å². The van der Waals surface area contributed by atoms with E-state index in [9.17, 15) is 14.4 Å². The van der Waals surface area contributed by atoms with Gasteiger partial charge in [-0.1, -0.05) is 347 Å². The van der Waals surface area contributed by atoms with Gasteiger partial charge in [0.25, 0.3) is 0 Å². The van der Waals surface area contributed by atoms with Gasteiger partial charge in [0, 0.05) is 19.3 Å². The van der Waals surface area contributed by atoms with Crippen LogP contribution in [0.2, 0.25) is 0 Å². The van der Waals surface area contributed by atoms with E-state index in [1.54, 1.807) is 0 Å². The van der Waals surface area contributed by atoms with Gasteiger partial charge in [-0.05, 0) is 70.6 Å². The summed E-state index contributed by atoms with van der Waals surface area (Å²) in [5.41, 5.74) is 0. The molecule has 0 N–H and O–H groups in total. The summed E-state index contributed by atoms with van der Waals surface area (Å²) in [5.74, 6) is -0.857. The largest absolute Gasteiger partial charge is 0.462 e. The highest BCUT2D eigenvalue weighted by Crippen LogP contribution is 2.19. The molecule has 0 radical (unpaired) electrons. The van der Waals surface area contributed by atoms with Gasteiger partial charge in [-0.3, -0.25) is 14.4 Å². The van der Waals surface area contributed by atoms with Crippen LogP contribution in [-0.2, 0) is 28.6 Å². The Kier molecular flexibility index (Phi) is 67.6. The average Bonchev–Trinajstić information content (AvgIpc) is 3.46. The van der Waals surface area contributed by atoms with Gasteiger partial charge in [-0.2, -0.15) is 0 Å². The summed E-state index contributed by atoms with van der Waals surface area (Å²) in [6, 6.07) is 0. The minimum Gasteiger partial charge on any atom is -0.462 e. The summed E-state index contributed by atoms with van der Waals surface area (Å²) in [7, 11) is 0. The first-order chi connectivity index (χ1) is 39.5. The second-order valence-electron chi connectivity index (χ2n) is 24.9. The number of hydrogen-bond acceptors (Lipinski definition) is 6. The van der Waals surface area contributed by atoms with Crippen molar-refractivity contribution in [1.29, 1.82) is 0 Å². The molecule has 472 valence electrons. The zero-order valence-corrected chi connectivity index (χ0v) is 54.4. The molecule has 0 aliphatic heterocycles. The smallest absolute Gasteiger partial charge is 0.306 e. The Bertz CT molecular complexity index is 1290. The zero-order valence-electron chi connectivity index (χ0n) is 54.4. The number of ether oxygens (including phenoxy) is 3. The Morgan fingerprint density at radius 1 is 0.237 bits per heavy atom. The number of hydrogen-bond donors (Lipinski definition) is 0. The Morgan fingerprint density at radius 2 is 0.412 bits per heavy atom. The first kappa shape index (κ1) is 77.9. The minimum absolute atomic E-state index is 0.0706. The summed E-state index contributed by atoms with van der Waals surface area (Å²) in [6.07, 6.45) is 85.2. The lowest BCUT2D eigenvalue weighted by Crippen LogP contribution is -2.30. The van der Waals surface area contributed by atoms with E-state index < -0.39 is 6.10 Å².